The molecule has 0 aromatic heterocycles. The molecule has 0 atom stereocenters. The number of unbranched alkanes of at least 4 members (excludes halogenated alkanes) is 36. The normalized spacial score (nSPS) is 10.7. The summed E-state index contributed by atoms with van der Waals surface area (Å²) in [5.74, 6) is 53.6. The molecule has 0 heterocycles. The number of hydrogen-bond acceptors (Lipinski definition) is 12. The Morgan fingerprint density at radius 2 is 0.232 bits per heavy atom. The summed E-state index contributed by atoms with van der Waals surface area (Å²) in [6, 6.07) is 36.4. The van der Waals surface area contributed by atoms with Crippen molar-refractivity contribution in [2.75, 3.05) is 79.3 Å². The van der Waals surface area contributed by atoms with Crippen LogP contribution in [-0.4, -0.2) is 79.3 Å². The topological polar surface area (TPSA) is 111 Å². The van der Waals surface area contributed by atoms with Gasteiger partial charge in [0.1, 0.15) is 0 Å². The lowest BCUT2D eigenvalue weighted by Crippen LogP contribution is -2.06. The van der Waals surface area contributed by atoms with Gasteiger partial charge in [-0.15, -0.1) is 0 Å². The fourth-order valence-electron chi connectivity index (χ4n) is 15.7. The third-order valence-corrected chi connectivity index (χ3v) is 24.2. The van der Waals surface area contributed by atoms with Crippen LogP contribution in [0, 0.1) is 71.0 Å². The molecule has 7 rings (SSSR count). The molecule has 0 amide bonds. The van der Waals surface area contributed by atoms with Crippen molar-refractivity contribution in [3.05, 3.63) is 176 Å². The van der Waals surface area contributed by atoms with Crippen molar-refractivity contribution in [3.63, 3.8) is 0 Å². The van der Waals surface area contributed by atoms with E-state index in [1.165, 1.54) is 0 Å². The molecule has 12 nitrogen and oxygen atoms in total. The van der Waals surface area contributed by atoms with Gasteiger partial charge in [0, 0.05) is 33.4 Å². The quantitative estimate of drug-likeness (QED) is 0.0267. The molecule has 0 radical (unpaired) electrons. The summed E-state index contributed by atoms with van der Waals surface area (Å²) in [6.07, 6.45) is 50.8. The number of rotatable bonds is 72. The van der Waals surface area contributed by atoms with E-state index in [0.717, 1.165) is 308 Å². The van der Waals surface area contributed by atoms with Gasteiger partial charge in [-0.05, 0) is 186 Å². The van der Waals surface area contributed by atoms with Crippen LogP contribution in [0.3, 0.4) is 0 Å². The Kier molecular flexibility index (Phi) is 61.8. The second-order valence-corrected chi connectivity index (χ2v) is 36.6. The van der Waals surface area contributed by atoms with Crippen LogP contribution >= 0.6 is 0 Å². The molecule has 138 heavy (non-hydrogen) atoms. The van der Waals surface area contributed by atoms with E-state index < -0.39 is 0 Å². The Bertz CT molecular complexity index is 4130. The third kappa shape index (κ3) is 46.1. The van der Waals surface area contributed by atoms with Crippen molar-refractivity contribution in [2.45, 2.75) is 391 Å². The molecule has 0 N–H and O–H groups in total. The first-order valence-corrected chi connectivity index (χ1v) is 54.8. The fourth-order valence-corrected chi connectivity index (χ4v) is 15.7. The van der Waals surface area contributed by atoms with Crippen molar-refractivity contribution >= 4 is 0 Å². The van der Waals surface area contributed by atoms with Crippen molar-refractivity contribution in [2.24, 2.45) is 0 Å². The zero-order chi connectivity index (χ0) is 98.0. The second kappa shape index (κ2) is 74.5. The maximum atomic E-state index is 6.81. The van der Waals surface area contributed by atoms with Crippen molar-refractivity contribution < 1.29 is 56.8 Å². The summed E-state index contributed by atoms with van der Waals surface area (Å²) in [4.78, 5) is 0. The number of benzene rings is 7. The Balaban J connectivity index is 1.79. The maximum Gasteiger partial charge on any atom is 0.162 e. The molecule has 0 unspecified atom stereocenters. The van der Waals surface area contributed by atoms with E-state index in [9.17, 15) is 0 Å². The van der Waals surface area contributed by atoms with Gasteiger partial charge in [0.25, 0.3) is 0 Å². The van der Waals surface area contributed by atoms with Crippen molar-refractivity contribution in [1.29, 1.82) is 0 Å². The molecular weight excluding hydrogens is 1710 g/mol. The molecule has 12 heteroatoms. The molecule has 0 fully saturated rings. The fraction of sp³-hybridized carbons (Fsp3) is 0.571. The van der Waals surface area contributed by atoms with Crippen LogP contribution in [0.5, 0.6) is 69.0 Å². The summed E-state index contributed by atoms with van der Waals surface area (Å²) in [5, 5.41) is 0. The Morgan fingerprint density at radius 1 is 0.123 bits per heavy atom. The monoisotopic (exact) mass is 1880 g/mol. The zero-order valence-corrected chi connectivity index (χ0v) is 87.7. The van der Waals surface area contributed by atoms with Crippen LogP contribution in [0.2, 0.25) is 0 Å². The molecule has 7 aromatic carbocycles. The first-order valence-electron chi connectivity index (χ1n) is 54.8. The molecule has 7 aromatic rings. The van der Waals surface area contributed by atoms with Crippen LogP contribution in [0.25, 0.3) is 0 Å². The van der Waals surface area contributed by atoms with E-state index in [0.29, 0.717) is 215 Å². The molecule has 0 aliphatic carbocycles. The first kappa shape index (κ1) is 114. The minimum absolute atomic E-state index is 0.483. The molecule has 750 valence electrons. The summed E-state index contributed by atoms with van der Waals surface area (Å²) >= 11 is 0. The lowest BCUT2D eigenvalue weighted by Gasteiger charge is -2.15. The first-order chi connectivity index (χ1) is 68.1. The number of hydrogen-bond donors (Lipinski definition) is 0. The van der Waals surface area contributed by atoms with E-state index in [4.69, 9.17) is 56.8 Å². The Morgan fingerprint density at radius 3 is 0.341 bits per heavy atom. The minimum Gasteiger partial charge on any atom is -0.490 e. The SMILES string of the molecule is CCCCCCOc1ccc(C#Cc2c(C#Cc3ccc(OCCCCCC)c(OCCCCCC)c3)c(C#Cc3ccc(OCCCCCC)c(OCCCCCC)c3)c(C#Cc3ccc(OCCCCCC)c(OCCCCCC)c3)c(C#Cc3ccc(OCCCCCC)c(OCCCCCC)c3)c2C#Cc2ccc(OCCCCCC)c(OCCCCCC)c2)cc1OCCCCCC. The van der Waals surface area contributed by atoms with Gasteiger partial charge in [0.2, 0.25) is 0 Å². The maximum absolute atomic E-state index is 6.81. The van der Waals surface area contributed by atoms with Gasteiger partial charge in [-0.25, -0.2) is 0 Å². The van der Waals surface area contributed by atoms with Gasteiger partial charge < -0.3 is 56.8 Å². The molecule has 0 aliphatic rings. The average Bonchev–Trinajstić information content (AvgIpc) is 0.757. The molecule has 0 bridgehead atoms. The molecule has 0 saturated heterocycles. The van der Waals surface area contributed by atoms with Crippen LogP contribution in [0.1, 0.15) is 458 Å². The minimum atomic E-state index is 0.483. The highest BCUT2D eigenvalue weighted by Gasteiger charge is 2.23. The van der Waals surface area contributed by atoms with Gasteiger partial charge in [-0.3, -0.25) is 0 Å². The van der Waals surface area contributed by atoms with Gasteiger partial charge in [0.05, 0.1) is 113 Å². The highest BCUT2D eigenvalue weighted by Crippen LogP contribution is 2.38. The zero-order valence-electron chi connectivity index (χ0n) is 87.7. The summed E-state index contributed by atoms with van der Waals surface area (Å²) < 4.78 is 80.8. The highest BCUT2D eigenvalue weighted by molar-refractivity contribution is 5.79. The Labute approximate surface area is 838 Å². The lowest BCUT2D eigenvalue weighted by molar-refractivity contribution is 0.259. The molecule has 0 aliphatic heterocycles. The van der Waals surface area contributed by atoms with E-state index in [-0.39, 0.29) is 0 Å². The van der Waals surface area contributed by atoms with E-state index >= 15 is 0 Å². The van der Waals surface area contributed by atoms with Gasteiger partial charge in [-0.2, -0.15) is 0 Å². The third-order valence-electron chi connectivity index (χ3n) is 24.2. The standard InChI is InChI=1S/C126H174O12/c1-13-25-37-49-85-127-115-79-67-103(97-121(115)133-91-55-43-31-19-7)61-73-109-110(74-62-104-68-80-116(128-86-50-38-26-14-2)122(98-104)134-92-56-44-32-20-8)112(76-64-106-70-82-118(130-88-52-40-28-16-4)124(100-106)136-94-58-46-34-22-10)114(78-66-108-72-84-120(132-90-54-42-30-18-6)126(102-108)138-96-60-48-36-24-12)113(77-65-107-71-83-119(131-89-53-41-29-17-5)125(101-107)137-95-59-47-35-23-11)111(109)75-63-105-69-81-117(129-87-51-39-27-15-3)123(99-105)135-93-57-45-33-21-9/h67-72,79-84,97-102H,13-60,85-96H2,1-12H3. The van der Waals surface area contributed by atoms with E-state index in [2.05, 4.69) is 154 Å². The van der Waals surface area contributed by atoms with Crippen molar-refractivity contribution in [1.82, 2.24) is 0 Å². The van der Waals surface area contributed by atoms with Gasteiger partial charge in [-0.1, -0.05) is 385 Å². The lowest BCUT2D eigenvalue weighted by atomic mass is 9.86. The predicted octanol–water partition coefficient (Wildman–Crippen LogP) is 33.6. The number of ether oxygens (including phenoxy) is 12. The smallest absolute Gasteiger partial charge is 0.162 e. The summed E-state index contributed by atoms with van der Waals surface area (Å²) in [5.41, 5.74) is 7.05. The summed E-state index contributed by atoms with van der Waals surface area (Å²) in [6.45, 7) is 33.3. The predicted molar refractivity (Wildman–Crippen MR) is 577 cm³/mol. The van der Waals surface area contributed by atoms with Gasteiger partial charge in [0.15, 0.2) is 69.0 Å². The van der Waals surface area contributed by atoms with Gasteiger partial charge >= 0.3 is 0 Å². The van der Waals surface area contributed by atoms with E-state index in [1.54, 1.807) is 0 Å². The summed E-state index contributed by atoms with van der Waals surface area (Å²) in [7, 11) is 0. The van der Waals surface area contributed by atoms with Crippen LogP contribution < -0.4 is 56.8 Å². The second-order valence-electron chi connectivity index (χ2n) is 36.6. The molecular formula is C126H174O12. The highest BCUT2D eigenvalue weighted by atomic mass is 16.5. The largest absolute Gasteiger partial charge is 0.490 e. The molecule has 0 saturated carbocycles. The van der Waals surface area contributed by atoms with E-state index in [1.807, 2.05) is 109 Å². The van der Waals surface area contributed by atoms with Crippen molar-refractivity contribution in [3.8, 4) is 140 Å². The Hall–Kier alpha value is -10.5. The van der Waals surface area contributed by atoms with Crippen LogP contribution in [0.15, 0.2) is 109 Å². The average molecular weight is 1880 g/mol. The van der Waals surface area contributed by atoms with Crippen LogP contribution in [0.4, 0.5) is 0 Å². The van der Waals surface area contributed by atoms with Crippen LogP contribution in [-0.2, 0) is 0 Å². The molecule has 0 spiro atoms.